The molecule has 0 atom stereocenters. The van der Waals surface area contributed by atoms with Crippen LogP contribution in [0.3, 0.4) is 0 Å². The second kappa shape index (κ2) is 12.8. The molecular formula is C22H26N4O6. The van der Waals surface area contributed by atoms with Crippen LogP contribution in [0.1, 0.15) is 51.4 Å². The second-order valence-corrected chi connectivity index (χ2v) is 7.33. The Hall–Kier alpha value is -3.82. The van der Waals surface area contributed by atoms with Crippen molar-refractivity contribution in [2.75, 3.05) is 10.6 Å². The number of nitro groups is 2. The minimum atomic E-state index is -0.489. The first-order valence-electron chi connectivity index (χ1n) is 10.4. The van der Waals surface area contributed by atoms with Gasteiger partial charge in [-0.3, -0.25) is 29.8 Å². The van der Waals surface area contributed by atoms with Crippen LogP contribution in [0.2, 0.25) is 0 Å². The van der Waals surface area contributed by atoms with E-state index in [9.17, 15) is 29.8 Å². The first kappa shape index (κ1) is 24.4. The summed E-state index contributed by atoms with van der Waals surface area (Å²) in [7, 11) is 0. The maximum Gasteiger partial charge on any atom is 0.269 e. The molecule has 0 heterocycles. The molecule has 0 aliphatic carbocycles. The van der Waals surface area contributed by atoms with Gasteiger partial charge in [0.1, 0.15) is 0 Å². The van der Waals surface area contributed by atoms with Crippen molar-refractivity contribution >= 4 is 34.6 Å². The highest BCUT2D eigenvalue weighted by Crippen LogP contribution is 2.17. The summed E-state index contributed by atoms with van der Waals surface area (Å²) in [5.41, 5.74) is 1.03. The van der Waals surface area contributed by atoms with Crippen molar-refractivity contribution in [2.45, 2.75) is 51.4 Å². The van der Waals surface area contributed by atoms with Crippen molar-refractivity contribution in [3.05, 3.63) is 68.8 Å². The third-order valence-electron chi connectivity index (χ3n) is 4.78. The van der Waals surface area contributed by atoms with E-state index < -0.39 is 9.85 Å². The molecule has 10 nitrogen and oxygen atoms in total. The van der Waals surface area contributed by atoms with Crippen molar-refractivity contribution in [1.82, 2.24) is 0 Å². The topological polar surface area (TPSA) is 144 Å². The van der Waals surface area contributed by atoms with E-state index in [0.717, 1.165) is 38.5 Å². The number of benzene rings is 2. The Morgan fingerprint density at radius 3 is 1.22 bits per heavy atom. The summed E-state index contributed by atoms with van der Waals surface area (Å²) in [6, 6.07) is 11.4. The molecule has 0 saturated heterocycles. The van der Waals surface area contributed by atoms with Crippen LogP contribution in [0, 0.1) is 20.2 Å². The van der Waals surface area contributed by atoms with Gasteiger partial charge in [0, 0.05) is 48.5 Å². The Bertz CT molecular complexity index is 851. The second-order valence-electron chi connectivity index (χ2n) is 7.33. The summed E-state index contributed by atoms with van der Waals surface area (Å²) >= 11 is 0. The molecule has 0 fully saturated rings. The zero-order valence-electron chi connectivity index (χ0n) is 17.6. The van der Waals surface area contributed by atoms with E-state index in [1.807, 2.05) is 0 Å². The molecule has 0 bridgehead atoms. The Labute approximate surface area is 185 Å². The smallest absolute Gasteiger partial charge is 0.269 e. The summed E-state index contributed by atoms with van der Waals surface area (Å²) in [6.07, 6.45) is 6.01. The van der Waals surface area contributed by atoms with E-state index in [1.165, 1.54) is 48.5 Å². The number of nitro benzene ring substituents is 2. The molecule has 2 aromatic rings. The molecule has 32 heavy (non-hydrogen) atoms. The van der Waals surface area contributed by atoms with E-state index in [-0.39, 0.29) is 23.2 Å². The summed E-state index contributed by atoms with van der Waals surface area (Å²) in [4.78, 5) is 44.1. The van der Waals surface area contributed by atoms with Gasteiger partial charge in [-0.05, 0) is 37.1 Å². The Balaban J connectivity index is 1.50. The van der Waals surface area contributed by atoms with Gasteiger partial charge in [0.2, 0.25) is 11.8 Å². The van der Waals surface area contributed by atoms with Crippen LogP contribution >= 0.6 is 0 Å². The lowest BCUT2D eigenvalue weighted by Gasteiger charge is -2.06. The summed E-state index contributed by atoms with van der Waals surface area (Å²) in [5.74, 6) is -0.247. The SMILES string of the molecule is O=C(CCCCCCCCC(=O)Nc1ccc([N+](=O)[O-])cc1)Nc1ccc([N+](=O)[O-])cc1. The number of hydrogen-bond donors (Lipinski definition) is 2. The number of non-ortho nitro benzene ring substituents is 2. The monoisotopic (exact) mass is 442 g/mol. The van der Waals surface area contributed by atoms with Crippen LogP contribution < -0.4 is 10.6 Å². The quantitative estimate of drug-likeness (QED) is 0.248. The molecule has 0 aromatic heterocycles. The lowest BCUT2D eigenvalue weighted by Crippen LogP contribution is -2.11. The number of carbonyl (C=O) groups is 2. The normalized spacial score (nSPS) is 10.4. The van der Waals surface area contributed by atoms with Crippen LogP contribution in [0.4, 0.5) is 22.7 Å². The number of rotatable bonds is 13. The Kier molecular flexibility index (Phi) is 9.76. The van der Waals surface area contributed by atoms with Crippen LogP contribution in [-0.2, 0) is 9.59 Å². The van der Waals surface area contributed by atoms with Gasteiger partial charge in [-0.25, -0.2) is 0 Å². The number of unbranched alkanes of at least 4 members (excludes halogenated alkanes) is 5. The molecule has 2 N–H and O–H groups in total. The molecule has 170 valence electrons. The van der Waals surface area contributed by atoms with E-state index >= 15 is 0 Å². The predicted octanol–water partition coefficient (Wildman–Crippen LogP) is 5.20. The minimum absolute atomic E-state index is 0.0215. The standard InChI is InChI=1S/C22H26N4O6/c27-21(23-17-9-13-19(14-10-17)25(29)30)7-5-3-1-2-4-6-8-22(28)24-18-11-15-20(16-12-18)26(31)32/h9-16H,1-8H2,(H,23,27)(H,24,28). The van der Waals surface area contributed by atoms with Crippen LogP contribution in [0.15, 0.2) is 48.5 Å². The first-order valence-corrected chi connectivity index (χ1v) is 10.4. The number of hydrogen-bond acceptors (Lipinski definition) is 6. The van der Waals surface area contributed by atoms with Crippen molar-refractivity contribution in [2.24, 2.45) is 0 Å². The molecule has 0 saturated carbocycles. The van der Waals surface area contributed by atoms with Crippen molar-refractivity contribution in [3.63, 3.8) is 0 Å². The molecular weight excluding hydrogens is 416 g/mol. The number of carbonyl (C=O) groups excluding carboxylic acids is 2. The number of anilines is 2. The van der Waals surface area contributed by atoms with Gasteiger partial charge in [0.15, 0.2) is 0 Å². The van der Waals surface area contributed by atoms with E-state index in [2.05, 4.69) is 10.6 Å². The van der Waals surface area contributed by atoms with Crippen molar-refractivity contribution < 1.29 is 19.4 Å². The molecule has 2 amide bonds. The van der Waals surface area contributed by atoms with Gasteiger partial charge in [0.05, 0.1) is 9.85 Å². The minimum Gasteiger partial charge on any atom is -0.326 e. The molecule has 10 heteroatoms. The van der Waals surface area contributed by atoms with E-state index in [0.29, 0.717) is 24.2 Å². The van der Waals surface area contributed by atoms with Crippen LogP contribution in [0.5, 0.6) is 0 Å². The predicted molar refractivity (Wildman–Crippen MR) is 120 cm³/mol. The fourth-order valence-electron chi connectivity index (χ4n) is 3.06. The Morgan fingerprint density at radius 1 is 0.594 bits per heavy atom. The van der Waals surface area contributed by atoms with Gasteiger partial charge >= 0.3 is 0 Å². The summed E-state index contributed by atoms with van der Waals surface area (Å²) in [5, 5.41) is 26.7. The third kappa shape index (κ3) is 8.90. The zero-order valence-corrected chi connectivity index (χ0v) is 17.6. The van der Waals surface area contributed by atoms with Crippen LogP contribution in [0.25, 0.3) is 0 Å². The number of amides is 2. The zero-order chi connectivity index (χ0) is 23.3. The van der Waals surface area contributed by atoms with Gasteiger partial charge in [-0.1, -0.05) is 25.7 Å². The molecule has 0 aliphatic rings. The largest absolute Gasteiger partial charge is 0.326 e. The van der Waals surface area contributed by atoms with Gasteiger partial charge in [-0.2, -0.15) is 0 Å². The van der Waals surface area contributed by atoms with Gasteiger partial charge < -0.3 is 10.6 Å². The Morgan fingerprint density at radius 2 is 0.906 bits per heavy atom. The summed E-state index contributed by atoms with van der Waals surface area (Å²) in [6.45, 7) is 0. The van der Waals surface area contributed by atoms with E-state index in [1.54, 1.807) is 0 Å². The first-order chi connectivity index (χ1) is 15.3. The fourth-order valence-corrected chi connectivity index (χ4v) is 3.06. The average molecular weight is 442 g/mol. The highest BCUT2D eigenvalue weighted by molar-refractivity contribution is 5.91. The van der Waals surface area contributed by atoms with Crippen molar-refractivity contribution in [3.8, 4) is 0 Å². The van der Waals surface area contributed by atoms with Crippen molar-refractivity contribution in [1.29, 1.82) is 0 Å². The fraction of sp³-hybridized carbons (Fsp3) is 0.364. The molecule has 0 aliphatic heterocycles. The van der Waals surface area contributed by atoms with Gasteiger partial charge in [-0.15, -0.1) is 0 Å². The molecule has 0 spiro atoms. The highest BCUT2D eigenvalue weighted by atomic mass is 16.6. The lowest BCUT2D eigenvalue weighted by molar-refractivity contribution is -0.385. The summed E-state index contributed by atoms with van der Waals surface area (Å²) < 4.78 is 0. The maximum atomic E-state index is 11.9. The van der Waals surface area contributed by atoms with Crippen LogP contribution in [-0.4, -0.2) is 21.7 Å². The van der Waals surface area contributed by atoms with Gasteiger partial charge in [0.25, 0.3) is 11.4 Å². The lowest BCUT2D eigenvalue weighted by atomic mass is 10.1. The van der Waals surface area contributed by atoms with E-state index in [4.69, 9.17) is 0 Å². The third-order valence-corrected chi connectivity index (χ3v) is 4.78. The maximum absolute atomic E-state index is 11.9. The highest BCUT2D eigenvalue weighted by Gasteiger charge is 2.08. The molecule has 0 radical (unpaired) electrons. The molecule has 0 unspecified atom stereocenters. The molecule has 2 aromatic carbocycles. The number of nitrogens with zero attached hydrogens (tertiary/aromatic N) is 2. The molecule has 2 rings (SSSR count). The average Bonchev–Trinajstić information content (AvgIpc) is 2.76. The number of nitrogens with one attached hydrogen (secondary N) is 2.